The van der Waals surface area contributed by atoms with Gasteiger partial charge in [0.15, 0.2) is 0 Å². The van der Waals surface area contributed by atoms with E-state index in [0.717, 1.165) is 19.4 Å². The molecule has 0 radical (unpaired) electrons. The standard InChI is InChI=1S/C9H16N2O3/c1-2-14-8(12)6-11-5-3-4-7(11)9(10)13/h7H,2-6H2,1H3,(H2,10,13)/t7-/m1/s1. The second-order valence-corrected chi connectivity index (χ2v) is 3.34. The Bertz CT molecular complexity index is 230. The molecular weight excluding hydrogens is 184 g/mol. The Hall–Kier alpha value is -1.10. The van der Waals surface area contributed by atoms with E-state index in [0.29, 0.717) is 6.61 Å². The van der Waals surface area contributed by atoms with E-state index < -0.39 is 0 Å². The van der Waals surface area contributed by atoms with Gasteiger partial charge in [-0.3, -0.25) is 14.5 Å². The molecule has 80 valence electrons. The summed E-state index contributed by atoms with van der Waals surface area (Å²) in [5, 5.41) is 0. The van der Waals surface area contributed by atoms with Gasteiger partial charge in [-0.2, -0.15) is 0 Å². The molecule has 1 amide bonds. The summed E-state index contributed by atoms with van der Waals surface area (Å²) in [6.45, 7) is 3.04. The monoisotopic (exact) mass is 200 g/mol. The number of rotatable bonds is 4. The molecule has 0 spiro atoms. The van der Waals surface area contributed by atoms with Gasteiger partial charge < -0.3 is 10.5 Å². The van der Waals surface area contributed by atoms with E-state index in [4.69, 9.17) is 10.5 Å². The van der Waals surface area contributed by atoms with Gasteiger partial charge in [0.2, 0.25) is 5.91 Å². The lowest BCUT2D eigenvalue weighted by Gasteiger charge is -2.20. The van der Waals surface area contributed by atoms with Crippen molar-refractivity contribution in [3.05, 3.63) is 0 Å². The number of primary amides is 1. The molecule has 14 heavy (non-hydrogen) atoms. The van der Waals surface area contributed by atoms with Crippen molar-refractivity contribution in [1.29, 1.82) is 0 Å². The zero-order chi connectivity index (χ0) is 10.6. The number of nitrogens with two attached hydrogens (primary N) is 1. The average molecular weight is 200 g/mol. The maximum atomic E-state index is 11.2. The van der Waals surface area contributed by atoms with Crippen molar-refractivity contribution < 1.29 is 14.3 Å². The van der Waals surface area contributed by atoms with E-state index in [9.17, 15) is 9.59 Å². The summed E-state index contributed by atoms with van der Waals surface area (Å²) < 4.78 is 4.80. The lowest BCUT2D eigenvalue weighted by Crippen LogP contribution is -2.43. The third-order valence-corrected chi connectivity index (χ3v) is 2.33. The summed E-state index contributed by atoms with van der Waals surface area (Å²) in [4.78, 5) is 23.9. The van der Waals surface area contributed by atoms with Gasteiger partial charge in [-0.25, -0.2) is 0 Å². The number of likely N-dealkylation sites (tertiary alicyclic amines) is 1. The second kappa shape index (κ2) is 4.95. The van der Waals surface area contributed by atoms with Gasteiger partial charge in [-0.05, 0) is 26.3 Å². The van der Waals surface area contributed by atoms with Crippen LogP contribution in [0.3, 0.4) is 0 Å². The number of hydrogen-bond donors (Lipinski definition) is 1. The fourth-order valence-electron chi connectivity index (χ4n) is 1.71. The van der Waals surface area contributed by atoms with Crippen molar-refractivity contribution in [1.82, 2.24) is 4.90 Å². The quantitative estimate of drug-likeness (QED) is 0.621. The fraction of sp³-hybridized carbons (Fsp3) is 0.778. The number of esters is 1. The van der Waals surface area contributed by atoms with Crippen molar-refractivity contribution in [2.24, 2.45) is 5.73 Å². The SMILES string of the molecule is CCOC(=O)CN1CCC[C@@H]1C(N)=O. The third kappa shape index (κ3) is 2.70. The summed E-state index contributed by atoms with van der Waals surface area (Å²) in [5.74, 6) is -0.646. The van der Waals surface area contributed by atoms with Crippen molar-refractivity contribution in [3.8, 4) is 0 Å². The molecule has 1 saturated heterocycles. The smallest absolute Gasteiger partial charge is 0.320 e. The first kappa shape index (κ1) is 11.0. The van der Waals surface area contributed by atoms with Crippen LogP contribution in [-0.4, -0.2) is 42.5 Å². The van der Waals surface area contributed by atoms with Crippen LogP contribution < -0.4 is 5.73 Å². The van der Waals surface area contributed by atoms with Crippen LogP contribution in [0.5, 0.6) is 0 Å². The van der Waals surface area contributed by atoms with Crippen LogP contribution in [0.2, 0.25) is 0 Å². The highest BCUT2D eigenvalue weighted by Crippen LogP contribution is 2.16. The van der Waals surface area contributed by atoms with Crippen LogP contribution in [0.25, 0.3) is 0 Å². The van der Waals surface area contributed by atoms with Crippen LogP contribution in [-0.2, 0) is 14.3 Å². The molecule has 2 N–H and O–H groups in total. The topological polar surface area (TPSA) is 72.6 Å². The van der Waals surface area contributed by atoms with Gasteiger partial charge in [-0.1, -0.05) is 0 Å². The predicted molar refractivity (Wildman–Crippen MR) is 50.4 cm³/mol. The van der Waals surface area contributed by atoms with Gasteiger partial charge in [0.1, 0.15) is 0 Å². The molecule has 0 saturated carbocycles. The van der Waals surface area contributed by atoms with E-state index in [-0.39, 0.29) is 24.5 Å². The minimum Gasteiger partial charge on any atom is -0.465 e. The van der Waals surface area contributed by atoms with Gasteiger partial charge in [0.25, 0.3) is 0 Å². The largest absolute Gasteiger partial charge is 0.465 e. The Morgan fingerprint density at radius 2 is 2.29 bits per heavy atom. The van der Waals surface area contributed by atoms with Crippen molar-refractivity contribution in [2.75, 3.05) is 19.7 Å². The molecule has 1 atom stereocenters. The van der Waals surface area contributed by atoms with E-state index in [1.165, 1.54) is 0 Å². The molecule has 0 aromatic carbocycles. The summed E-state index contributed by atoms with van der Waals surface area (Å²) >= 11 is 0. The highest BCUT2D eigenvalue weighted by atomic mass is 16.5. The molecule has 0 aromatic heterocycles. The number of amides is 1. The molecule has 5 heteroatoms. The molecule has 1 fully saturated rings. The third-order valence-electron chi connectivity index (χ3n) is 2.33. The molecule has 0 aromatic rings. The van der Waals surface area contributed by atoms with Crippen molar-refractivity contribution >= 4 is 11.9 Å². The molecule has 5 nitrogen and oxygen atoms in total. The van der Waals surface area contributed by atoms with Crippen LogP contribution in [0.1, 0.15) is 19.8 Å². The predicted octanol–water partition coefficient (Wildman–Crippen LogP) is -0.501. The Kier molecular flexibility index (Phi) is 3.88. The van der Waals surface area contributed by atoms with Gasteiger partial charge in [0.05, 0.1) is 19.2 Å². The minimum absolute atomic E-state index is 0.168. The molecule has 1 aliphatic rings. The number of nitrogens with zero attached hydrogens (tertiary/aromatic N) is 1. The Balaban J connectivity index is 2.43. The molecular formula is C9H16N2O3. The fourth-order valence-corrected chi connectivity index (χ4v) is 1.71. The zero-order valence-corrected chi connectivity index (χ0v) is 8.36. The van der Waals surface area contributed by atoms with E-state index in [2.05, 4.69) is 0 Å². The number of hydrogen-bond acceptors (Lipinski definition) is 4. The summed E-state index contributed by atoms with van der Waals surface area (Å²) in [7, 11) is 0. The van der Waals surface area contributed by atoms with E-state index in [1.54, 1.807) is 11.8 Å². The molecule has 1 rings (SSSR count). The second-order valence-electron chi connectivity index (χ2n) is 3.34. The molecule has 1 heterocycles. The first-order valence-electron chi connectivity index (χ1n) is 4.84. The Morgan fingerprint density at radius 1 is 1.57 bits per heavy atom. The van der Waals surface area contributed by atoms with Crippen LogP contribution in [0, 0.1) is 0 Å². The normalized spacial score (nSPS) is 22.2. The maximum Gasteiger partial charge on any atom is 0.320 e. The Labute approximate surface area is 83.2 Å². The summed E-state index contributed by atoms with van der Waals surface area (Å²) in [6.07, 6.45) is 1.65. The number of carbonyl (C=O) groups excluding carboxylic acids is 2. The molecule has 0 aliphatic carbocycles. The average Bonchev–Trinajstić information content (AvgIpc) is 2.52. The first-order valence-corrected chi connectivity index (χ1v) is 4.84. The highest BCUT2D eigenvalue weighted by Gasteiger charge is 2.30. The van der Waals surface area contributed by atoms with E-state index >= 15 is 0 Å². The van der Waals surface area contributed by atoms with Crippen molar-refractivity contribution in [3.63, 3.8) is 0 Å². The lowest BCUT2D eigenvalue weighted by molar-refractivity contribution is -0.145. The highest BCUT2D eigenvalue weighted by molar-refractivity contribution is 5.81. The first-order chi connectivity index (χ1) is 6.65. The van der Waals surface area contributed by atoms with Gasteiger partial charge in [-0.15, -0.1) is 0 Å². The summed E-state index contributed by atoms with van der Waals surface area (Å²) in [6, 6.07) is -0.292. The van der Waals surface area contributed by atoms with Crippen molar-refractivity contribution in [2.45, 2.75) is 25.8 Å². The maximum absolute atomic E-state index is 11.2. The van der Waals surface area contributed by atoms with Crippen LogP contribution in [0.4, 0.5) is 0 Å². The molecule has 0 bridgehead atoms. The van der Waals surface area contributed by atoms with E-state index in [1.807, 2.05) is 0 Å². The molecule has 0 unspecified atom stereocenters. The van der Waals surface area contributed by atoms with Gasteiger partial charge >= 0.3 is 5.97 Å². The minimum atomic E-state index is -0.355. The lowest BCUT2D eigenvalue weighted by atomic mass is 10.2. The van der Waals surface area contributed by atoms with Crippen LogP contribution >= 0.6 is 0 Å². The van der Waals surface area contributed by atoms with Gasteiger partial charge in [0, 0.05) is 0 Å². The zero-order valence-electron chi connectivity index (χ0n) is 8.36. The Morgan fingerprint density at radius 3 is 2.86 bits per heavy atom. The molecule has 1 aliphatic heterocycles. The van der Waals surface area contributed by atoms with Crippen LogP contribution in [0.15, 0.2) is 0 Å². The number of ether oxygens (including phenoxy) is 1. The summed E-state index contributed by atoms with van der Waals surface area (Å²) in [5.41, 5.74) is 5.21. The number of carbonyl (C=O) groups is 2.